The molecule has 0 aromatic carbocycles. The number of likely N-dealkylation sites (N-methyl/N-ethyl adjacent to an activating group) is 1. The Morgan fingerprint density at radius 1 is 1.45 bits per heavy atom. The molecule has 58 valence electrons. The normalized spacial score (nSPS) is 21.2. The van der Waals surface area contributed by atoms with Crippen LogP contribution in [0.4, 0.5) is 4.79 Å². The zero-order valence-electron chi connectivity index (χ0n) is 8.17. The van der Waals surface area contributed by atoms with E-state index in [-0.39, 0.29) is 36.9 Å². The average molecular weight is 167 g/mol. The first-order chi connectivity index (χ1) is 4.45. The van der Waals surface area contributed by atoms with Gasteiger partial charge in [0, 0.05) is 7.05 Å². The Hall–Kier alpha value is -0.0600. The third-order valence-corrected chi connectivity index (χ3v) is 1.44. The van der Waals surface area contributed by atoms with Crippen molar-refractivity contribution < 1.29 is 45.3 Å². The molecule has 0 aromatic rings. The number of carbonyl (C=O) groups excluding carboxylic acids is 2. The van der Waals surface area contributed by atoms with Crippen LogP contribution in [0.3, 0.4) is 0 Å². The number of hydrogen-bond acceptors (Lipinski definition) is 3. The Morgan fingerprint density at radius 3 is 2.00 bits per heavy atom. The summed E-state index contributed by atoms with van der Waals surface area (Å²) in [5.74, 6) is -0.294. The van der Waals surface area contributed by atoms with Crippen molar-refractivity contribution in [2.75, 3.05) is 7.05 Å². The molecule has 1 saturated heterocycles. The van der Waals surface area contributed by atoms with Crippen LogP contribution in [-0.4, -0.2) is 29.5 Å². The van der Waals surface area contributed by atoms with E-state index in [1.165, 1.54) is 7.05 Å². The van der Waals surface area contributed by atoms with Gasteiger partial charge in [-0.15, -0.1) is 0 Å². The molecule has 0 spiro atoms. The summed E-state index contributed by atoms with van der Waals surface area (Å²) in [4.78, 5) is 22.7. The van der Waals surface area contributed by atoms with Crippen molar-refractivity contribution in [2.24, 2.45) is 0 Å². The molecule has 0 bridgehead atoms. The van der Waals surface area contributed by atoms with Gasteiger partial charge in [-0.2, -0.15) is 0 Å². The van der Waals surface area contributed by atoms with Gasteiger partial charge in [-0.05, 0) is 13.8 Å². The predicted molar refractivity (Wildman–Crippen MR) is 34.4 cm³/mol. The molecule has 2 amide bonds. The van der Waals surface area contributed by atoms with Crippen molar-refractivity contribution in [1.29, 1.82) is 0 Å². The van der Waals surface area contributed by atoms with E-state index < -0.39 is 11.7 Å². The summed E-state index contributed by atoms with van der Waals surface area (Å²) in [6.45, 7) is 3.13. The van der Waals surface area contributed by atoms with E-state index in [1.807, 2.05) is 0 Å². The Bertz CT molecular complexity index is 207. The van der Waals surface area contributed by atoms with Crippen molar-refractivity contribution in [3.63, 3.8) is 0 Å². The van der Waals surface area contributed by atoms with Crippen LogP contribution in [0.5, 0.6) is 0 Å². The second-order valence-corrected chi connectivity index (χ2v) is 2.74. The number of carbonyl (C=O) groups is 2. The standard InChI is InChI=1S/C6H9NO3.Na.H/c1-6(2)4(8)7(3)5(9)10-6;;/h1-3H3;;/q;+1;-1. The number of imide groups is 1. The summed E-state index contributed by atoms with van der Waals surface area (Å²) in [6.07, 6.45) is -0.574. The van der Waals surface area contributed by atoms with Gasteiger partial charge in [0.05, 0.1) is 0 Å². The molecule has 0 atom stereocenters. The average Bonchev–Trinajstić information content (AvgIpc) is 1.95. The van der Waals surface area contributed by atoms with Gasteiger partial charge >= 0.3 is 35.7 Å². The van der Waals surface area contributed by atoms with Crippen molar-refractivity contribution in [3.8, 4) is 0 Å². The molecular weight excluding hydrogens is 157 g/mol. The molecule has 0 aliphatic carbocycles. The van der Waals surface area contributed by atoms with Gasteiger partial charge in [0.25, 0.3) is 5.91 Å². The maximum atomic E-state index is 11.0. The van der Waals surface area contributed by atoms with E-state index in [9.17, 15) is 9.59 Å². The van der Waals surface area contributed by atoms with Crippen LogP contribution in [0, 0.1) is 0 Å². The molecule has 5 heteroatoms. The Morgan fingerprint density at radius 2 is 1.91 bits per heavy atom. The van der Waals surface area contributed by atoms with Crippen molar-refractivity contribution in [2.45, 2.75) is 19.4 Å². The first kappa shape index (κ1) is 10.9. The predicted octanol–water partition coefficient (Wildman–Crippen LogP) is -2.51. The monoisotopic (exact) mass is 167 g/mol. The van der Waals surface area contributed by atoms with Crippen LogP contribution in [0.15, 0.2) is 0 Å². The summed E-state index contributed by atoms with van der Waals surface area (Å²) >= 11 is 0. The minimum absolute atomic E-state index is 0. The summed E-state index contributed by atoms with van der Waals surface area (Å²) in [6, 6.07) is 0. The molecule has 1 rings (SSSR count). The summed E-state index contributed by atoms with van der Waals surface area (Å²) in [7, 11) is 1.40. The van der Waals surface area contributed by atoms with Crippen LogP contribution in [0.2, 0.25) is 0 Å². The van der Waals surface area contributed by atoms with Crippen LogP contribution in [0.1, 0.15) is 15.3 Å². The molecule has 1 heterocycles. The largest absolute Gasteiger partial charge is 1.00 e. The Balaban J connectivity index is 0. The van der Waals surface area contributed by atoms with Gasteiger partial charge in [-0.1, -0.05) is 0 Å². The maximum absolute atomic E-state index is 11.0. The second kappa shape index (κ2) is 3.13. The number of rotatable bonds is 0. The van der Waals surface area contributed by atoms with Crippen LogP contribution < -0.4 is 29.6 Å². The first-order valence-electron chi connectivity index (χ1n) is 2.96. The number of amides is 2. The molecule has 1 aliphatic heterocycles. The maximum Gasteiger partial charge on any atom is 1.00 e. The third-order valence-electron chi connectivity index (χ3n) is 1.44. The molecular formula is C6H10NNaO3. The fourth-order valence-electron chi connectivity index (χ4n) is 0.817. The van der Waals surface area contributed by atoms with E-state index in [4.69, 9.17) is 4.74 Å². The minimum atomic E-state index is -0.966. The Labute approximate surface area is 88.7 Å². The SMILES string of the molecule is CN1C(=O)OC(C)(C)C1=O.[H-].[Na+]. The summed E-state index contributed by atoms with van der Waals surface area (Å²) in [5.41, 5.74) is -0.966. The smallest absolute Gasteiger partial charge is 1.00 e. The van der Waals surface area contributed by atoms with Crippen molar-refractivity contribution in [3.05, 3.63) is 0 Å². The zero-order chi connectivity index (χ0) is 7.94. The molecule has 0 radical (unpaired) electrons. The third kappa shape index (κ3) is 1.75. The topological polar surface area (TPSA) is 46.6 Å². The van der Waals surface area contributed by atoms with E-state index >= 15 is 0 Å². The van der Waals surface area contributed by atoms with E-state index in [2.05, 4.69) is 0 Å². The first-order valence-corrected chi connectivity index (χ1v) is 2.96. The molecule has 11 heavy (non-hydrogen) atoms. The van der Waals surface area contributed by atoms with Crippen molar-refractivity contribution >= 4 is 12.0 Å². The van der Waals surface area contributed by atoms with Crippen molar-refractivity contribution in [1.82, 2.24) is 4.90 Å². The zero-order valence-corrected chi connectivity index (χ0v) is 9.17. The van der Waals surface area contributed by atoms with Gasteiger partial charge in [-0.25, -0.2) is 9.69 Å². The molecule has 1 aliphatic rings. The number of hydrogen-bond donors (Lipinski definition) is 0. The fourth-order valence-corrected chi connectivity index (χ4v) is 0.817. The molecule has 0 N–H and O–H groups in total. The fraction of sp³-hybridized carbons (Fsp3) is 0.667. The number of cyclic esters (lactones) is 1. The van der Waals surface area contributed by atoms with Gasteiger partial charge in [0.15, 0.2) is 5.60 Å². The van der Waals surface area contributed by atoms with E-state index in [1.54, 1.807) is 13.8 Å². The van der Waals surface area contributed by atoms with E-state index in [0.29, 0.717) is 0 Å². The van der Waals surface area contributed by atoms with Gasteiger partial charge in [0.1, 0.15) is 0 Å². The Kier molecular flexibility index (Phi) is 3.11. The minimum Gasteiger partial charge on any atom is -1.00 e. The molecule has 0 saturated carbocycles. The quantitative estimate of drug-likeness (QED) is 0.374. The van der Waals surface area contributed by atoms with Crippen LogP contribution in [-0.2, 0) is 9.53 Å². The van der Waals surface area contributed by atoms with Crippen LogP contribution in [0.25, 0.3) is 0 Å². The molecule has 1 fully saturated rings. The number of ether oxygens (including phenoxy) is 1. The number of nitrogens with zero attached hydrogens (tertiary/aromatic N) is 1. The molecule has 0 unspecified atom stereocenters. The van der Waals surface area contributed by atoms with Crippen LogP contribution >= 0.6 is 0 Å². The van der Waals surface area contributed by atoms with Gasteiger partial charge < -0.3 is 6.16 Å². The molecule has 0 aromatic heterocycles. The molecule has 4 nitrogen and oxygen atoms in total. The summed E-state index contributed by atoms with van der Waals surface area (Å²) in [5, 5.41) is 0. The summed E-state index contributed by atoms with van der Waals surface area (Å²) < 4.78 is 4.71. The van der Waals surface area contributed by atoms with E-state index in [0.717, 1.165) is 4.90 Å². The van der Waals surface area contributed by atoms with Gasteiger partial charge in [0.2, 0.25) is 0 Å². The van der Waals surface area contributed by atoms with Gasteiger partial charge in [-0.3, -0.25) is 4.79 Å². The second-order valence-electron chi connectivity index (χ2n) is 2.74.